The van der Waals surface area contributed by atoms with Crippen LogP contribution in [0.5, 0.6) is 0 Å². The molecule has 10 heavy (non-hydrogen) atoms. The first-order valence-corrected chi connectivity index (χ1v) is 4.14. The maximum Gasteiger partial charge on any atom is 0.0557 e. The fourth-order valence-electron chi connectivity index (χ4n) is 0.963. The highest BCUT2D eigenvalue weighted by Crippen LogP contribution is 1.93. The lowest BCUT2D eigenvalue weighted by molar-refractivity contribution is 0.358. The summed E-state index contributed by atoms with van der Waals surface area (Å²) in [5.74, 6) is 0. The largest absolute Gasteiger partial charge is 0.370 e. The molecule has 0 spiro atoms. The van der Waals surface area contributed by atoms with Gasteiger partial charge in [-0.25, -0.2) is 0 Å². The molecule has 0 aliphatic rings. The van der Waals surface area contributed by atoms with Crippen molar-refractivity contribution in [3.8, 4) is 0 Å². The van der Waals surface area contributed by atoms with Crippen molar-refractivity contribution in [3.05, 3.63) is 12.3 Å². The molecule has 0 atom stereocenters. The summed E-state index contributed by atoms with van der Waals surface area (Å²) in [6.45, 7) is 8.68. The van der Waals surface area contributed by atoms with Gasteiger partial charge in [0.15, 0.2) is 0 Å². The topological polar surface area (TPSA) is 3.24 Å². The van der Waals surface area contributed by atoms with E-state index in [2.05, 4.69) is 24.9 Å². The Labute approximate surface area is 64.7 Å². The molecule has 0 aromatic carbocycles. The standard InChI is InChI=1S/C9H18N/c1-4-7-10(8-5-2)9-6-3/h4H,5-6,8-9H2,1-3H3. The first-order valence-electron chi connectivity index (χ1n) is 4.14. The highest BCUT2D eigenvalue weighted by Gasteiger charge is 1.93. The van der Waals surface area contributed by atoms with Gasteiger partial charge >= 0.3 is 0 Å². The zero-order valence-electron chi connectivity index (χ0n) is 7.35. The van der Waals surface area contributed by atoms with Crippen LogP contribution >= 0.6 is 0 Å². The summed E-state index contributed by atoms with van der Waals surface area (Å²) in [6.07, 6.45) is 7.59. The minimum Gasteiger partial charge on any atom is -0.370 e. The van der Waals surface area contributed by atoms with Gasteiger partial charge in [0.05, 0.1) is 6.20 Å². The minimum atomic E-state index is 1.14. The van der Waals surface area contributed by atoms with E-state index in [1.807, 2.05) is 13.0 Å². The number of rotatable bonds is 5. The second kappa shape index (κ2) is 6.66. The maximum atomic E-state index is 3.19. The molecule has 0 N–H and O–H groups in total. The summed E-state index contributed by atoms with van der Waals surface area (Å²) in [4.78, 5) is 2.24. The van der Waals surface area contributed by atoms with Gasteiger partial charge in [-0.2, -0.15) is 0 Å². The first-order chi connectivity index (χ1) is 4.85. The molecular formula is C9H18N. The van der Waals surface area contributed by atoms with Crippen LogP contribution in [-0.4, -0.2) is 18.0 Å². The normalized spacial score (nSPS) is 10.7. The molecule has 0 bridgehead atoms. The Hall–Kier alpha value is -0.460. The Bertz CT molecular complexity index is 80.7. The van der Waals surface area contributed by atoms with Gasteiger partial charge < -0.3 is 4.90 Å². The fourth-order valence-corrected chi connectivity index (χ4v) is 0.963. The molecule has 0 aliphatic carbocycles. The van der Waals surface area contributed by atoms with Crippen molar-refractivity contribution in [2.45, 2.75) is 33.6 Å². The van der Waals surface area contributed by atoms with Crippen LogP contribution in [0.1, 0.15) is 33.6 Å². The molecule has 0 unspecified atom stereocenters. The number of allylic oxidation sites excluding steroid dienone is 1. The molecule has 0 rings (SSSR count). The molecule has 0 saturated heterocycles. The van der Waals surface area contributed by atoms with E-state index in [1.54, 1.807) is 0 Å². The lowest BCUT2D eigenvalue weighted by Gasteiger charge is -2.16. The predicted octanol–water partition coefficient (Wildman–Crippen LogP) is 2.45. The van der Waals surface area contributed by atoms with Crippen molar-refractivity contribution < 1.29 is 0 Å². The third-order valence-corrected chi connectivity index (χ3v) is 1.30. The molecule has 1 nitrogen and oxygen atoms in total. The summed E-state index contributed by atoms with van der Waals surface area (Å²) in [5.41, 5.74) is 0. The molecule has 0 amide bonds. The van der Waals surface area contributed by atoms with Crippen LogP contribution in [0, 0.1) is 6.20 Å². The van der Waals surface area contributed by atoms with E-state index < -0.39 is 0 Å². The van der Waals surface area contributed by atoms with Gasteiger partial charge in [-0.15, -0.1) is 0 Å². The van der Waals surface area contributed by atoms with Crippen molar-refractivity contribution in [2.24, 2.45) is 0 Å². The Morgan fingerprint density at radius 3 is 2.00 bits per heavy atom. The van der Waals surface area contributed by atoms with Gasteiger partial charge in [0.2, 0.25) is 0 Å². The molecule has 1 radical (unpaired) electrons. The summed E-state index contributed by atoms with van der Waals surface area (Å²) in [5, 5.41) is 0. The van der Waals surface area contributed by atoms with E-state index in [9.17, 15) is 0 Å². The quantitative estimate of drug-likeness (QED) is 0.530. The van der Waals surface area contributed by atoms with Crippen LogP contribution in [0.4, 0.5) is 0 Å². The van der Waals surface area contributed by atoms with Gasteiger partial charge in [0.1, 0.15) is 0 Å². The Morgan fingerprint density at radius 1 is 1.20 bits per heavy atom. The maximum absolute atomic E-state index is 3.19. The van der Waals surface area contributed by atoms with Crippen molar-refractivity contribution >= 4 is 0 Å². The summed E-state index contributed by atoms with van der Waals surface area (Å²) >= 11 is 0. The van der Waals surface area contributed by atoms with Crippen LogP contribution < -0.4 is 0 Å². The van der Waals surface area contributed by atoms with E-state index in [0.29, 0.717) is 0 Å². The zero-order chi connectivity index (χ0) is 7.82. The third-order valence-electron chi connectivity index (χ3n) is 1.30. The first kappa shape index (κ1) is 9.54. The highest BCUT2D eigenvalue weighted by molar-refractivity contribution is 4.69. The molecule has 0 aliphatic heterocycles. The van der Waals surface area contributed by atoms with Crippen LogP contribution in [0.3, 0.4) is 0 Å². The third kappa shape index (κ3) is 4.42. The van der Waals surface area contributed by atoms with Gasteiger partial charge in [-0.3, -0.25) is 0 Å². The van der Waals surface area contributed by atoms with Gasteiger partial charge in [-0.1, -0.05) is 19.9 Å². The Morgan fingerprint density at radius 2 is 1.70 bits per heavy atom. The lowest BCUT2D eigenvalue weighted by atomic mass is 10.4. The molecule has 0 fully saturated rings. The van der Waals surface area contributed by atoms with Gasteiger partial charge in [0, 0.05) is 13.1 Å². The molecule has 0 heterocycles. The van der Waals surface area contributed by atoms with Crippen LogP contribution in [0.15, 0.2) is 6.08 Å². The molecule has 1 heteroatoms. The lowest BCUT2D eigenvalue weighted by Crippen LogP contribution is -2.19. The van der Waals surface area contributed by atoms with E-state index in [1.165, 1.54) is 12.8 Å². The van der Waals surface area contributed by atoms with Crippen molar-refractivity contribution in [2.75, 3.05) is 13.1 Å². The van der Waals surface area contributed by atoms with Crippen LogP contribution in [0.2, 0.25) is 0 Å². The number of nitrogens with zero attached hydrogens (tertiary/aromatic N) is 1. The van der Waals surface area contributed by atoms with Crippen LogP contribution in [-0.2, 0) is 0 Å². The summed E-state index contributed by atoms with van der Waals surface area (Å²) in [6, 6.07) is 0. The van der Waals surface area contributed by atoms with Crippen molar-refractivity contribution in [3.63, 3.8) is 0 Å². The molecule has 0 aromatic rings. The molecule has 59 valence electrons. The second-order valence-electron chi connectivity index (χ2n) is 2.40. The Balaban J connectivity index is 3.50. The van der Waals surface area contributed by atoms with E-state index in [-0.39, 0.29) is 0 Å². The van der Waals surface area contributed by atoms with Gasteiger partial charge in [-0.05, 0) is 19.8 Å². The molecule has 0 saturated carbocycles. The second-order valence-corrected chi connectivity index (χ2v) is 2.40. The molecule has 0 aromatic heterocycles. The van der Waals surface area contributed by atoms with Gasteiger partial charge in [0.25, 0.3) is 0 Å². The Kier molecular flexibility index (Phi) is 6.35. The predicted molar refractivity (Wildman–Crippen MR) is 45.6 cm³/mol. The number of hydrogen-bond acceptors (Lipinski definition) is 1. The fraction of sp³-hybridized carbons (Fsp3) is 0.778. The monoisotopic (exact) mass is 140 g/mol. The van der Waals surface area contributed by atoms with Crippen molar-refractivity contribution in [1.82, 2.24) is 4.90 Å². The highest BCUT2D eigenvalue weighted by atomic mass is 15.1. The van der Waals surface area contributed by atoms with E-state index in [0.717, 1.165) is 13.1 Å². The van der Waals surface area contributed by atoms with Crippen LogP contribution in [0.25, 0.3) is 0 Å². The van der Waals surface area contributed by atoms with E-state index in [4.69, 9.17) is 0 Å². The minimum absolute atomic E-state index is 1.14. The molecular weight excluding hydrogens is 122 g/mol. The average Bonchev–Trinajstić information content (AvgIpc) is 1.90. The number of hydrogen-bond donors (Lipinski definition) is 0. The zero-order valence-corrected chi connectivity index (χ0v) is 7.35. The van der Waals surface area contributed by atoms with Crippen molar-refractivity contribution in [1.29, 1.82) is 0 Å². The summed E-state index contributed by atoms with van der Waals surface area (Å²) < 4.78 is 0. The average molecular weight is 140 g/mol. The van der Waals surface area contributed by atoms with E-state index >= 15 is 0 Å². The smallest absolute Gasteiger partial charge is 0.0557 e. The SMILES string of the molecule is CC=[C]N(CCC)CCC. The summed E-state index contributed by atoms with van der Waals surface area (Å²) in [7, 11) is 0.